The van der Waals surface area contributed by atoms with Crippen LogP contribution in [0.3, 0.4) is 0 Å². The zero-order valence-corrected chi connectivity index (χ0v) is 17.2. The van der Waals surface area contributed by atoms with E-state index < -0.39 is 0 Å². The fourth-order valence-corrected chi connectivity index (χ4v) is 3.96. The maximum Gasteiger partial charge on any atom is 0.282 e. The first-order valence-corrected chi connectivity index (χ1v) is 10.7. The number of benzene rings is 2. The van der Waals surface area contributed by atoms with E-state index in [-0.39, 0.29) is 5.91 Å². The molecule has 0 bridgehead atoms. The molecule has 2 aromatic heterocycles. The van der Waals surface area contributed by atoms with Crippen LogP contribution in [-0.2, 0) is 12.3 Å². The molecule has 0 saturated carbocycles. The van der Waals surface area contributed by atoms with Gasteiger partial charge in [-0.15, -0.1) is 20.4 Å². The minimum absolute atomic E-state index is 0.233. The first kappa shape index (κ1) is 19.3. The predicted octanol–water partition coefficient (Wildman–Crippen LogP) is 4.12. The lowest BCUT2D eigenvalue weighted by atomic mass is 10.1. The van der Waals surface area contributed by atoms with Crippen molar-refractivity contribution in [3.05, 3.63) is 75.7 Å². The number of carbonyl (C=O) groups excluding carboxylic acids is 1. The average molecular weight is 424 g/mol. The molecule has 0 aliphatic carbocycles. The van der Waals surface area contributed by atoms with Gasteiger partial charge < -0.3 is 9.73 Å². The Labute approximate surface area is 175 Å². The molecule has 0 radical (unpaired) electrons. The Hall–Kier alpha value is -3.04. The number of carbonyl (C=O) groups is 1. The average Bonchev–Trinajstić information content (AvgIpc) is 3.42. The van der Waals surface area contributed by atoms with Crippen LogP contribution in [0.4, 0.5) is 0 Å². The van der Waals surface area contributed by atoms with Gasteiger partial charge >= 0.3 is 0 Å². The van der Waals surface area contributed by atoms with E-state index in [2.05, 4.69) is 25.7 Å². The van der Waals surface area contributed by atoms with Gasteiger partial charge in [0.05, 0.1) is 5.75 Å². The molecular weight excluding hydrogens is 406 g/mol. The van der Waals surface area contributed by atoms with Crippen LogP contribution in [0.1, 0.15) is 25.9 Å². The van der Waals surface area contributed by atoms with Crippen LogP contribution >= 0.6 is 23.1 Å². The van der Waals surface area contributed by atoms with Crippen LogP contribution in [0.25, 0.3) is 11.5 Å². The fraction of sp³-hybridized carbons (Fsp3) is 0.150. The SMILES string of the molecule is Cc1ccc(CNC(=O)c2nnc(CSc3nnc(-c4ccccc4)o3)s2)cc1. The van der Waals surface area contributed by atoms with E-state index in [4.69, 9.17) is 4.42 Å². The number of aromatic nitrogens is 4. The summed E-state index contributed by atoms with van der Waals surface area (Å²) in [5.41, 5.74) is 3.09. The van der Waals surface area contributed by atoms with E-state index in [1.54, 1.807) is 0 Å². The van der Waals surface area contributed by atoms with E-state index in [9.17, 15) is 4.79 Å². The van der Waals surface area contributed by atoms with Crippen molar-refractivity contribution in [3.8, 4) is 11.5 Å². The molecule has 146 valence electrons. The molecule has 1 N–H and O–H groups in total. The molecule has 1 amide bonds. The highest BCUT2D eigenvalue weighted by Crippen LogP contribution is 2.26. The number of nitrogens with one attached hydrogen (secondary N) is 1. The molecule has 2 heterocycles. The Morgan fingerprint density at radius 2 is 1.83 bits per heavy atom. The fourth-order valence-electron chi connectivity index (χ4n) is 2.46. The molecule has 0 spiro atoms. The van der Waals surface area contributed by atoms with E-state index in [1.165, 1.54) is 28.7 Å². The summed E-state index contributed by atoms with van der Waals surface area (Å²) in [6, 6.07) is 17.6. The van der Waals surface area contributed by atoms with Gasteiger partial charge in [0, 0.05) is 12.1 Å². The van der Waals surface area contributed by atoms with Gasteiger partial charge in [0.1, 0.15) is 5.01 Å². The lowest BCUT2D eigenvalue weighted by Crippen LogP contribution is -2.22. The van der Waals surface area contributed by atoms with Gasteiger partial charge in [0.25, 0.3) is 11.1 Å². The van der Waals surface area contributed by atoms with Crippen molar-refractivity contribution in [2.75, 3.05) is 0 Å². The summed E-state index contributed by atoms with van der Waals surface area (Å²) in [7, 11) is 0. The second-order valence-corrected chi connectivity index (χ2v) is 8.19. The smallest absolute Gasteiger partial charge is 0.282 e. The van der Waals surface area contributed by atoms with Crippen LogP contribution in [0.2, 0.25) is 0 Å². The summed E-state index contributed by atoms with van der Waals surface area (Å²) in [6.07, 6.45) is 0. The Morgan fingerprint density at radius 1 is 1.03 bits per heavy atom. The summed E-state index contributed by atoms with van der Waals surface area (Å²) in [6.45, 7) is 2.48. The van der Waals surface area contributed by atoms with Crippen LogP contribution < -0.4 is 5.32 Å². The summed E-state index contributed by atoms with van der Waals surface area (Å²) >= 11 is 2.62. The molecule has 0 atom stereocenters. The molecule has 0 fully saturated rings. The largest absolute Gasteiger partial charge is 0.411 e. The van der Waals surface area contributed by atoms with E-state index in [1.807, 2.05) is 61.5 Å². The van der Waals surface area contributed by atoms with E-state index >= 15 is 0 Å². The number of hydrogen-bond donors (Lipinski definition) is 1. The molecule has 0 unspecified atom stereocenters. The van der Waals surface area contributed by atoms with E-state index in [0.29, 0.717) is 28.4 Å². The van der Waals surface area contributed by atoms with Gasteiger partial charge in [-0.2, -0.15) is 0 Å². The number of rotatable bonds is 7. The van der Waals surface area contributed by atoms with Crippen molar-refractivity contribution in [1.29, 1.82) is 0 Å². The van der Waals surface area contributed by atoms with Crippen molar-refractivity contribution in [2.24, 2.45) is 0 Å². The van der Waals surface area contributed by atoms with Gasteiger partial charge in [0.2, 0.25) is 10.9 Å². The maximum absolute atomic E-state index is 12.3. The normalized spacial score (nSPS) is 10.8. The number of thioether (sulfide) groups is 1. The lowest BCUT2D eigenvalue weighted by molar-refractivity contribution is 0.0950. The van der Waals surface area contributed by atoms with E-state index in [0.717, 1.165) is 16.1 Å². The molecule has 4 rings (SSSR count). The number of nitrogens with zero attached hydrogens (tertiary/aromatic N) is 4. The molecule has 9 heteroatoms. The Bertz CT molecular complexity index is 1090. The Kier molecular flexibility index (Phi) is 5.97. The molecular formula is C20H17N5O2S2. The molecule has 29 heavy (non-hydrogen) atoms. The highest BCUT2D eigenvalue weighted by molar-refractivity contribution is 7.98. The molecule has 0 aliphatic rings. The lowest BCUT2D eigenvalue weighted by Gasteiger charge is -2.03. The van der Waals surface area contributed by atoms with Gasteiger partial charge in [-0.3, -0.25) is 4.79 Å². The first-order valence-electron chi connectivity index (χ1n) is 8.85. The van der Waals surface area contributed by atoms with Crippen molar-refractivity contribution in [1.82, 2.24) is 25.7 Å². The van der Waals surface area contributed by atoms with Crippen molar-refractivity contribution >= 4 is 29.0 Å². The third-order valence-corrected chi connectivity index (χ3v) is 5.92. The molecule has 4 aromatic rings. The van der Waals surface area contributed by atoms with Gasteiger partial charge in [0.15, 0.2) is 0 Å². The Morgan fingerprint density at radius 3 is 2.62 bits per heavy atom. The molecule has 0 aliphatic heterocycles. The van der Waals surface area contributed by atoms with Gasteiger partial charge in [-0.05, 0) is 24.6 Å². The van der Waals surface area contributed by atoms with Crippen LogP contribution in [-0.4, -0.2) is 26.3 Å². The summed E-state index contributed by atoms with van der Waals surface area (Å²) < 4.78 is 5.66. The highest BCUT2D eigenvalue weighted by atomic mass is 32.2. The second-order valence-electron chi connectivity index (χ2n) is 6.20. The molecule has 2 aromatic carbocycles. The monoisotopic (exact) mass is 423 g/mol. The third kappa shape index (κ3) is 5.07. The minimum atomic E-state index is -0.233. The van der Waals surface area contributed by atoms with Crippen molar-refractivity contribution < 1.29 is 9.21 Å². The number of amides is 1. The van der Waals surface area contributed by atoms with Crippen molar-refractivity contribution in [3.63, 3.8) is 0 Å². The summed E-state index contributed by atoms with van der Waals surface area (Å²) in [4.78, 5) is 12.3. The van der Waals surface area contributed by atoms with Crippen LogP contribution in [0, 0.1) is 6.92 Å². The first-order chi connectivity index (χ1) is 14.2. The molecule has 7 nitrogen and oxygen atoms in total. The van der Waals surface area contributed by atoms with Crippen molar-refractivity contribution in [2.45, 2.75) is 24.4 Å². The second kappa shape index (κ2) is 8.97. The quantitative estimate of drug-likeness (QED) is 0.447. The van der Waals surface area contributed by atoms with Gasteiger partial charge in [-0.25, -0.2) is 0 Å². The Balaban J connectivity index is 1.30. The maximum atomic E-state index is 12.3. The van der Waals surface area contributed by atoms with Gasteiger partial charge in [-0.1, -0.05) is 71.1 Å². The minimum Gasteiger partial charge on any atom is -0.411 e. The summed E-state index contributed by atoms with van der Waals surface area (Å²) in [5, 5.41) is 20.5. The topological polar surface area (TPSA) is 93.8 Å². The van der Waals surface area contributed by atoms with Crippen LogP contribution in [0.5, 0.6) is 0 Å². The molecule has 0 saturated heterocycles. The third-order valence-electron chi connectivity index (χ3n) is 3.98. The standard InChI is InChI=1S/C20H17N5O2S2/c1-13-7-9-14(10-8-13)11-21-17(26)19-24-22-16(29-19)12-28-20-25-23-18(27-20)15-5-3-2-4-6-15/h2-10H,11-12H2,1H3,(H,21,26). The van der Waals surface area contributed by atoms with Crippen LogP contribution in [0.15, 0.2) is 64.2 Å². The number of hydrogen-bond acceptors (Lipinski definition) is 8. The number of aryl methyl sites for hydroxylation is 1. The zero-order chi connectivity index (χ0) is 20.1. The zero-order valence-electron chi connectivity index (χ0n) is 15.5. The highest BCUT2D eigenvalue weighted by Gasteiger charge is 2.14. The predicted molar refractivity (Wildman–Crippen MR) is 112 cm³/mol. The summed E-state index contributed by atoms with van der Waals surface area (Å²) in [5.74, 6) is 0.740.